The summed E-state index contributed by atoms with van der Waals surface area (Å²) in [5, 5.41) is 10.1. The predicted octanol–water partition coefficient (Wildman–Crippen LogP) is 4.54. The second kappa shape index (κ2) is 8.29. The molecule has 0 saturated carbocycles. The molecule has 1 atom stereocenters. The second-order valence-corrected chi connectivity index (χ2v) is 7.68. The van der Waals surface area contributed by atoms with Gasteiger partial charge >= 0.3 is 0 Å². The Hall–Kier alpha value is -2.09. The van der Waals surface area contributed by atoms with Gasteiger partial charge in [0, 0.05) is 21.3 Å². The minimum absolute atomic E-state index is 0.263. The molecule has 0 spiro atoms. The SMILES string of the molecule is COc1cc(Cl)ccc1NC(=O)C1=C(C)NC(=S)NC1c1cccc(Br)c1. The van der Waals surface area contributed by atoms with Crippen LogP contribution in [0, 0.1) is 0 Å². The molecular formula is C19H17BrClN3O2S. The Kier molecular flexibility index (Phi) is 6.04. The number of thiocarbonyl (C=S) groups is 1. The van der Waals surface area contributed by atoms with Crippen LogP contribution in [0.2, 0.25) is 5.02 Å². The predicted molar refractivity (Wildman–Crippen MR) is 115 cm³/mol. The third-order valence-electron chi connectivity index (χ3n) is 4.11. The van der Waals surface area contributed by atoms with E-state index in [1.165, 1.54) is 7.11 Å². The van der Waals surface area contributed by atoms with Crippen molar-refractivity contribution in [3.8, 4) is 5.75 Å². The van der Waals surface area contributed by atoms with Gasteiger partial charge in [-0.2, -0.15) is 0 Å². The Labute approximate surface area is 176 Å². The van der Waals surface area contributed by atoms with Crippen molar-refractivity contribution in [3.05, 3.63) is 68.8 Å². The maximum absolute atomic E-state index is 13.1. The van der Waals surface area contributed by atoms with Crippen molar-refractivity contribution in [1.82, 2.24) is 10.6 Å². The summed E-state index contributed by atoms with van der Waals surface area (Å²) in [5.41, 5.74) is 2.68. The Bertz CT molecular complexity index is 948. The number of allylic oxidation sites excluding steroid dienone is 1. The van der Waals surface area contributed by atoms with E-state index in [-0.39, 0.29) is 11.9 Å². The number of carbonyl (C=O) groups excluding carboxylic acids is 1. The number of carbonyl (C=O) groups is 1. The number of nitrogens with one attached hydrogen (secondary N) is 3. The Balaban J connectivity index is 1.97. The topological polar surface area (TPSA) is 62.4 Å². The first kappa shape index (κ1) is 19.7. The van der Waals surface area contributed by atoms with Gasteiger partial charge in [-0.3, -0.25) is 4.79 Å². The average molecular weight is 467 g/mol. The summed E-state index contributed by atoms with van der Waals surface area (Å²) in [6.45, 7) is 1.83. The van der Waals surface area contributed by atoms with Crippen molar-refractivity contribution in [1.29, 1.82) is 0 Å². The molecule has 1 unspecified atom stereocenters. The lowest BCUT2D eigenvalue weighted by atomic mass is 9.95. The van der Waals surface area contributed by atoms with E-state index in [2.05, 4.69) is 31.9 Å². The largest absolute Gasteiger partial charge is 0.495 e. The van der Waals surface area contributed by atoms with Crippen LogP contribution in [-0.2, 0) is 4.79 Å². The van der Waals surface area contributed by atoms with Crippen LogP contribution in [0.5, 0.6) is 5.75 Å². The summed E-state index contributed by atoms with van der Waals surface area (Å²) in [7, 11) is 1.53. The average Bonchev–Trinajstić information content (AvgIpc) is 2.62. The molecule has 1 aliphatic heterocycles. The first-order valence-electron chi connectivity index (χ1n) is 8.07. The highest BCUT2D eigenvalue weighted by Crippen LogP contribution is 2.32. The fraction of sp³-hybridized carbons (Fsp3) is 0.158. The molecule has 1 heterocycles. The van der Waals surface area contributed by atoms with Gasteiger partial charge in [-0.1, -0.05) is 39.7 Å². The van der Waals surface area contributed by atoms with Crippen LogP contribution >= 0.6 is 39.7 Å². The summed E-state index contributed by atoms with van der Waals surface area (Å²) in [4.78, 5) is 13.1. The first-order valence-corrected chi connectivity index (χ1v) is 9.65. The van der Waals surface area contributed by atoms with Crippen LogP contribution in [0.15, 0.2) is 58.2 Å². The highest BCUT2D eigenvalue weighted by molar-refractivity contribution is 9.10. The van der Waals surface area contributed by atoms with E-state index in [4.69, 9.17) is 28.6 Å². The van der Waals surface area contributed by atoms with Gasteiger partial charge in [0.25, 0.3) is 5.91 Å². The van der Waals surface area contributed by atoms with E-state index in [9.17, 15) is 4.79 Å². The lowest BCUT2D eigenvalue weighted by molar-refractivity contribution is -0.113. The number of halogens is 2. The maximum atomic E-state index is 13.1. The summed E-state index contributed by atoms with van der Waals surface area (Å²) < 4.78 is 6.23. The number of hydrogen-bond acceptors (Lipinski definition) is 3. The summed E-state index contributed by atoms with van der Waals surface area (Å²) in [5.74, 6) is 0.223. The zero-order chi connectivity index (χ0) is 19.6. The second-order valence-electron chi connectivity index (χ2n) is 5.92. The lowest BCUT2D eigenvalue weighted by Crippen LogP contribution is -2.45. The van der Waals surface area contributed by atoms with Crippen LogP contribution in [0.4, 0.5) is 5.69 Å². The Morgan fingerprint density at radius 3 is 2.78 bits per heavy atom. The molecule has 3 rings (SSSR count). The van der Waals surface area contributed by atoms with Crippen LogP contribution in [0.25, 0.3) is 0 Å². The van der Waals surface area contributed by atoms with Crippen molar-refractivity contribution in [2.75, 3.05) is 12.4 Å². The van der Waals surface area contributed by atoms with Gasteiger partial charge in [0.1, 0.15) is 5.75 Å². The molecule has 8 heteroatoms. The third-order valence-corrected chi connectivity index (χ3v) is 5.06. The quantitative estimate of drug-likeness (QED) is 0.577. The van der Waals surface area contributed by atoms with Crippen LogP contribution in [0.3, 0.4) is 0 Å². The van der Waals surface area contributed by atoms with Gasteiger partial charge < -0.3 is 20.7 Å². The highest BCUT2D eigenvalue weighted by atomic mass is 79.9. The van der Waals surface area contributed by atoms with E-state index in [0.29, 0.717) is 32.8 Å². The minimum atomic E-state index is -0.380. The molecule has 2 aromatic carbocycles. The van der Waals surface area contributed by atoms with Crippen LogP contribution < -0.4 is 20.7 Å². The standard InChI is InChI=1S/C19H17BrClN3O2S/c1-10-16(18(25)23-14-7-6-13(21)9-15(14)26-2)17(24-19(27)22-10)11-4-3-5-12(20)8-11/h3-9,17H,1-2H3,(H,23,25)(H2,22,24,27). The van der Waals surface area contributed by atoms with E-state index < -0.39 is 0 Å². The van der Waals surface area contributed by atoms with Gasteiger partial charge in [-0.05, 0) is 49.0 Å². The summed E-state index contributed by atoms with van der Waals surface area (Å²) in [6.07, 6.45) is 0. The van der Waals surface area contributed by atoms with Crippen LogP contribution in [-0.4, -0.2) is 18.1 Å². The molecule has 0 aromatic heterocycles. The zero-order valence-electron chi connectivity index (χ0n) is 14.6. The molecule has 0 saturated heterocycles. The molecule has 3 N–H and O–H groups in total. The zero-order valence-corrected chi connectivity index (χ0v) is 17.8. The Morgan fingerprint density at radius 1 is 1.30 bits per heavy atom. The Morgan fingerprint density at radius 2 is 2.07 bits per heavy atom. The number of rotatable bonds is 4. The molecule has 0 aliphatic carbocycles. The first-order chi connectivity index (χ1) is 12.9. The van der Waals surface area contributed by atoms with Gasteiger partial charge in [0.15, 0.2) is 5.11 Å². The smallest absolute Gasteiger partial charge is 0.255 e. The van der Waals surface area contributed by atoms with Gasteiger partial charge in [-0.25, -0.2) is 0 Å². The fourth-order valence-corrected chi connectivity index (χ4v) is 3.74. The van der Waals surface area contributed by atoms with Crippen molar-refractivity contribution in [2.24, 2.45) is 0 Å². The monoisotopic (exact) mass is 465 g/mol. The molecule has 1 aliphatic rings. The number of ether oxygens (including phenoxy) is 1. The number of methoxy groups -OCH3 is 1. The maximum Gasteiger partial charge on any atom is 0.255 e. The number of anilines is 1. The molecule has 0 fully saturated rings. The number of amides is 1. The minimum Gasteiger partial charge on any atom is -0.495 e. The van der Waals surface area contributed by atoms with Crippen LogP contribution in [0.1, 0.15) is 18.5 Å². The molecule has 2 aromatic rings. The molecule has 140 valence electrons. The number of hydrogen-bond donors (Lipinski definition) is 3. The van der Waals surface area contributed by atoms with Crippen molar-refractivity contribution >= 4 is 56.5 Å². The lowest BCUT2D eigenvalue weighted by Gasteiger charge is -2.30. The molecule has 5 nitrogen and oxygen atoms in total. The van der Waals surface area contributed by atoms with Gasteiger partial charge in [0.2, 0.25) is 0 Å². The van der Waals surface area contributed by atoms with Gasteiger partial charge in [-0.15, -0.1) is 0 Å². The molecule has 0 radical (unpaired) electrons. The molecular weight excluding hydrogens is 450 g/mol. The fourth-order valence-electron chi connectivity index (χ4n) is 2.89. The van der Waals surface area contributed by atoms with E-state index in [0.717, 1.165) is 10.0 Å². The van der Waals surface area contributed by atoms with E-state index in [1.807, 2.05) is 31.2 Å². The molecule has 27 heavy (non-hydrogen) atoms. The van der Waals surface area contributed by atoms with Crippen molar-refractivity contribution in [2.45, 2.75) is 13.0 Å². The molecule has 0 bridgehead atoms. The normalized spacial score (nSPS) is 16.4. The third kappa shape index (κ3) is 4.43. The molecule has 1 amide bonds. The highest BCUT2D eigenvalue weighted by Gasteiger charge is 2.30. The van der Waals surface area contributed by atoms with E-state index >= 15 is 0 Å². The summed E-state index contributed by atoms with van der Waals surface area (Å²) in [6, 6.07) is 12.4. The van der Waals surface area contributed by atoms with E-state index in [1.54, 1.807) is 18.2 Å². The summed E-state index contributed by atoms with van der Waals surface area (Å²) >= 11 is 14.8. The van der Waals surface area contributed by atoms with Crippen molar-refractivity contribution in [3.63, 3.8) is 0 Å². The van der Waals surface area contributed by atoms with Crippen molar-refractivity contribution < 1.29 is 9.53 Å². The number of benzene rings is 2. The van der Waals surface area contributed by atoms with Gasteiger partial charge in [0.05, 0.1) is 24.4 Å².